The molecule has 1 atom stereocenters. The van der Waals surface area contributed by atoms with Crippen molar-refractivity contribution in [3.63, 3.8) is 0 Å². The Balaban J connectivity index is 1.00. The third-order valence-corrected chi connectivity index (χ3v) is 10.1. The summed E-state index contributed by atoms with van der Waals surface area (Å²) < 4.78 is 0. The zero-order chi connectivity index (χ0) is 33.6. The number of amides is 4. The first kappa shape index (κ1) is 33.3. The largest absolute Gasteiger partial charge is 0.345 e. The number of nitrogens with one attached hydrogen (secondary N) is 1. The minimum Gasteiger partial charge on any atom is -0.345 e. The molecule has 252 valence electrons. The summed E-state index contributed by atoms with van der Waals surface area (Å²) in [5.41, 5.74) is 4.19. The number of benzene rings is 2. The van der Waals surface area contributed by atoms with Gasteiger partial charge in [0.2, 0.25) is 17.7 Å². The highest BCUT2D eigenvalue weighted by Gasteiger charge is 2.35. The molecule has 3 aromatic rings. The summed E-state index contributed by atoms with van der Waals surface area (Å²) in [6.07, 6.45) is 3.17. The van der Waals surface area contributed by atoms with E-state index < -0.39 is 6.04 Å². The van der Waals surface area contributed by atoms with Crippen LogP contribution in [-0.4, -0.2) is 113 Å². The lowest BCUT2D eigenvalue weighted by Crippen LogP contribution is -2.55. The number of aromatic nitrogens is 1. The minimum absolute atomic E-state index is 0.0316. The molecule has 48 heavy (non-hydrogen) atoms. The molecule has 2 aromatic carbocycles. The lowest BCUT2D eigenvalue weighted by molar-refractivity contribution is -0.143. The van der Waals surface area contributed by atoms with Gasteiger partial charge in [-0.05, 0) is 44.7 Å². The first-order valence-corrected chi connectivity index (χ1v) is 17.3. The van der Waals surface area contributed by atoms with Crippen LogP contribution in [0.5, 0.6) is 0 Å². The molecule has 0 radical (unpaired) electrons. The second kappa shape index (κ2) is 15.1. The second-order valence-corrected chi connectivity index (χ2v) is 13.3. The highest BCUT2D eigenvalue weighted by atomic mass is 16.2. The maximum absolute atomic E-state index is 13.8. The summed E-state index contributed by atoms with van der Waals surface area (Å²) >= 11 is 0. The topological polar surface area (TPSA) is 106 Å². The molecule has 1 aromatic heterocycles. The highest BCUT2D eigenvalue weighted by molar-refractivity contribution is 5.96. The molecule has 3 fully saturated rings. The van der Waals surface area contributed by atoms with Crippen molar-refractivity contribution in [2.45, 2.75) is 51.6 Å². The normalized spacial score (nSPS) is 18.8. The number of hydrogen-bond donors (Lipinski definition) is 1. The van der Waals surface area contributed by atoms with E-state index in [1.165, 1.54) is 6.92 Å². The van der Waals surface area contributed by atoms with Crippen molar-refractivity contribution in [1.29, 1.82) is 0 Å². The summed E-state index contributed by atoms with van der Waals surface area (Å²) in [6.45, 7) is 8.63. The van der Waals surface area contributed by atoms with Gasteiger partial charge in [-0.15, -0.1) is 0 Å². The van der Waals surface area contributed by atoms with Gasteiger partial charge in [-0.1, -0.05) is 60.7 Å². The van der Waals surface area contributed by atoms with Gasteiger partial charge in [0.05, 0.1) is 11.4 Å². The Labute approximate surface area is 283 Å². The van der Waals surface area contributed by atoms with Crippen LogP contribution in [0.1, 0.15) is 49.9 Å². The van der Waals surface area contributed by atoms with Gasteiger partial charge in [-0.2, -0.15) is 0 Å². The predicted molar refractivity (Wildman–Crippen MR) is 185 cm³/mol. The molecule has 0 aliphatic carbocycles. The molecule has 3 saturated heterocycles. The Kier molecular flexibility index (Phi) is 10.5. The third kappa shape index (κ3) is 7.76. The van der Waals surface area contributed by atoms with Gasteiger partial charge in [0, 0.05) is 87.9 Å². The SMILES string of the molecule is CC(=O)N[C@@H](C)C(=O)N1CCC(C(=O)N2CCC(N3CCN(C(=O)c4cc(-c5ccccc5)nc(-c5ccccc5)c4)CC3)CC2)CC1. The van der Waals surface area contributed by atoms with E-state index in [-0.39, 0.29) is 29.5 Å². The average molecular weight is 651 g/mol. The van der Waals surface area contributed by atoms with Gasteiger partial charge in [0.25, 0.3) is 5.91 Å². The number of rotatable bonds is 7. The van der Waals surface area contributed by atoms with Crippen LogP contribution in [0.3, 0.4) is 0 Å². The highest BCUT2D eigenvalue weighted by Crippen LogP contribution is 2.27. The molecule has 3 aliphatic heterocycles. The number of likely N-dealkylation sites (tertiary alicyclic amines) is 2. The van der Waals surface area contributed by atoms with Crippen molar-refractivity contribution < 1.29 is 19.2 Å². The quantitative estimate of drug-likeness (QED) is 0.416. The molecule has 1 N–H and O–H groups in total. The summed E-state index contributed by atoms with van der Waals surface area (Å²) in [6, 6.07) is 23.7. The zero-order valence-electron chi connectivity index (χ0n) is 28.0. The molecular weight excluding hydrogens is 604 g/mol. The van der Waals surface area contributed by atoms with Gasteiger partial charge >= 0.3 is 0 Å². The fourth-order valence-electron chi connectivity index (χ4n) is 7.34. The number of carbonyl (C=O) groups excluding carboxylic acids is 4. The molecule has 6 rings (SSSR count). The van der Waals surface area contributed by atoms with Crippen LogP contribution in [0.15, 0.2) is 72.8 Å². The maximum atomic E-state index is 13.8. The smallest absolute Gasteiger partial charge is 0.254 e. The fraction of sp³-hybridized carbons (Fsp3) is 0.447. The molecule has 0 bridgehead atoms. The lowest BCUT2D eigenvalue weighted by atomic mass is 9.93. The van der Waals surface area contributed by atoms with Crippen LogP contribution in [0, 0.1) is 5.92 Å². The molecule has 0 unspecified atom stereocenters. The molecule has 10 heteroatoms. The van der Waals surface area contributed by atoms with Crippen molar-refractivity contribution in [2.75, 3.05) is 52.4 Å². The van der Waals surface area contributed by atoms with E-state index in [9.17, 15) is 19.2 Å². The maximum Gasteiger partial charge on any atom is 0.254 e. The summed E-state index contributed by atoms with van der Waals surface area (Å²) in [5.74, 6) is -0.139. The van der Waals surface area contributed by atoms with E-state index in [4.69, 9.17) is 4.98 Å². The van der Waals surface area contributed by atoms with Gasteiger partial charge in [-0.25, -0.2) is 4.98 Å². The molecule has 0 spiro atoms. The van der Waals surface area contributed by atoms with E-state index in [1.54, 1.807) is 11.8 Å². The van der Waals surface area contributed by atoms with Gasteiger partial charge in [0.15, 0.2) is 0 Å². The molecular formula is C38H46N6O4. The number of carbonyl (C=O) groups is 4. The summed E-state index contributed by atoms with van der Waals surface area (Å²) in [4.78, 5) is 64.3. The van der Waals surface area contributed by atoms with Crippen molar-refractivity contribution in [2.24, 2.45) is 5.92 Å². The fourth-order valence-corrected chi connectivity index (χ4v) is 7.34. The first-order chi connectivity index (χ1) is 23.3. The average Bonchev–Trinajstić information content (AvgIpc) is 3.14. The zero-order valence-corrected chi connectivity index (χ0v) is 28.0. The standard InChI is InChI=1S/C38H46N6O4/c1-27(39-28(2)45)36(46)42-17-13-31(14-18-42)37(47)43-19-15-33(16-20-43)41-21-23-44(24-22-41)38(48)32-25-34(29-9-5-3-6-10-29)40-35(26-32)30-11-7-4-8-12-30/h3-12,25-27,31,33H,13-24H2,1-2H3,(H,39,45)/t27-/m0/s1. The number of pyridine rings is 1. The van der Waals surface area contributed by atoms with Crippen molar-refractivity contribution >= 4 is 23.6 Å². The van der Waals surface area contributed by atoms with E-state index in [0.29, 0.717) is 50.6 Å². The van der Waals surface area contributed by atoms with E-state index in [2.05, 4.69) is 10.2 Å². The Hall–Kier alpha value is -4.57. The lowest BCUT2D eigenvalue weighted by Gasteiger charge is -2.43. The Morgan fingerprint density at radius 2 is 1.21 bits per heavy atom. The minimum atomic E-state index is -0.551. The van der Waals surface area contributed by atoms with Crippen molar-refractivity contribution in [3.05, 3.63) is 78.4 Å². The van der Waals surface area contributed by atoms with Crippen LogP contribution in [0.25, 0.3) is 22.5 Å². The Bertz CT molecular complexity index is 1530. The van der Waals surface area contributed by atoms with Crippen LogP contribution < -0.4 is 5.32 Å². The molecule has 0 saturated carbocycles. The second-order valence-electron chi connectivity index (χ2n) is 13.3. The third-order valence-electron chi connectivity index (χ3n) is 10.1. The number of piperazine rings is 1. The predicted octanol–water partition coefficient (Wildman–Crippen LogP) is 3.93. The summed E-state index contributed by atoms with van der Waals surface area (Å²) in [5, 5.41) is 2.66. The summed E-state index contributed by atoms with van der Waals surface area (Å²) in [7, 11) is 0. The Morgan fingerprint density at radius 1 is 0.688 bits per heavy atom. The molecule has 4 heterocycles. The monoisotopic (exact) mass is 650 g/mol. The van der Waals surface area contributed by atoms with E-state index in [0.717, 1.165) is 61.5 Å². The number of nitrogens with zero attached hydrogens (tertiary/aromatic N) is 5. The molecule has 3 aliphatic rings. The number of piperidine rings is 2. The van der Waals surface area contributed by atoms with Gasteiger partial charge < -0.3 is 20.0 Å². The Morgan fingerprint density at radius 3 is 1.73 bits per heavy atom. The van der Waals surface area contributed by atoms with Gasteiger partial charge in [-0.3, -0.25) is 24.1 Å². The van der Waals surface area contributed by atoms with Crippen LogP contribution in [0.4, 0.5) is 0 Å². The van der Waals surface area contributed by atoms with Gasteiger partial charge in [0.1, 0.15) is 6.04 Å². The van der Waals surface area contributed by atoms with Crippen LogP contribution >= 0.6 is 0 Å². The van der Waals surface area contributed by atoms with Crippen molar-refractivity contribution in [1.82, 2.24) is 29.9 Å². The van der Waals surface area contributed by atoms with Crippen LogP contribution in [0.2, 0.25) is 0 Å². The van der Waals surface area contributed by atoms with Crippen LogP contribution in [-0.2, 0) is 14.4 Å². The van der Waals surface area contributed by atoms with E-state index >= 15 is 0 Å². The number of hydrogen-bond acceptors (Lipinski definition) is 6. The van der Waals surface area contributed by atoms with Crippen molar-refractivity contribution in [3.8, 4) is 22.5 Å². The molecule has 10 nitrogen and oxygen atoms in total. The first-order valence-electron chi connectivity index (χ1n) is 17.3. The van der Waals surface area contributed by atoms with E-state index in [1.807, 2.05) is 82.6 Å². The molecule has 4 amide bonds.